The number of aromatic hydroxyl groups is 1. The Kier molecular flexibility index (Phi) is 3.65. The van der Waals surface area contributed by atoms with Crippen LogP contribution in [0.2, 0.25) is 0 Å². The lowest BCUT2D eigenvalue weighted by molar-refractivity contribution is 0.0690. The van der Waals surface area contributed by atoms with Crippen LogP contribution in [0.25, 0.3) is 0 Å². The summed E-state index contributed by atoms with van der Waals surface area (Å²) < 4.78 is 1.47. The molecule has 0 bridgehead atoms. The van der Waals surface area contributed by atoms with E-state index in [-0.39, 0.29) is 11.4 Å². The SMILES string of the molecule is CN(CCn1cc(C(=O)O)nn1)c1cccc(O)c1. The van der Waals surface area contributed by atoms with Gasteiger partial charge in [-0.15, -0.1) is 5.10 Å². The molecule has 1 heterocycles. The molecule has 0 aliphatic heterocycles. The first kappa shape index (κ1) is 12.9. The number of aromatic nitrogens is 3. The minimum absolute atomic E-state index is 0.0694. The lowest BCUT2D eigenvalue weighted by Gasteiger charge is -2.19. The molecule has 2 aromatic rings. The lowest BCUT2D eigenvalue weighted by Crippen LogP contribution is -2.22. The largest absolute Gasteiger partial charge is 0.508 e. The Morgan fingerprint density at radius 1 is 1.47 bits per heavy atom. The standard InChI is InChI=1S/C12H14N4O3/c1-15(9-3-2-4-10(17)7-9)5-6-16-8-11(12(18)19)13-14-16/h2-4,7-8,17H,5-6H2,1H3,(H,18,19). The fourth-order valence-corrected chi connectivity index (χ4v) is 1.62. The molecule has 0 spiro atoms. The molecule has 0 atom stereocenters. The van der Waals surface area contributed by atoms with Gasteiger partial charge in [0.1, 0.15) is 5.75 Å². The maximum absolute atomic E-state index is 10.7. The van der Waals surface area contributed by atoms with E-state index in [9.17, 15) is 9.90 Å². The van der Waals surface area contributed by atoms with Crippen molar-refractivity contribution >= 4 is 11.7 Å². The van der Waals surface area contributed by atoms with Crippen LogP contribution in [-0.4, -0.2) is 44.8 Å². The first-order valence-electron chi connectivity index (χ1n) is 5.70. The number of phenolic OH excluding ortho intramolecular Hbond substituents is 1. The number of anilines is 1. The predicted octanol–water partition coefficient (Wildman–Crippen LogP) is 0.818. The summed E-state index contributed by atoms with van der Waals surface area (Å²) in [6, 6.07) is 6.90. The second-order valence-corrected chi connectivity index (χ2v) is 4.11. The average Bonchev–Trinajstić information content (AvgIpc) is 2.85. The van der Waals surface area contributed by atoms with E-state index in [1.807, 2.05) is 18.0 Å². The first-order chi connectivity index (χ1) is 9.06. The molecular weight excluding hydrogens is 248 g/mol. The normalized spacial score (nSPS) is 10.4. The number of carbonyl (C=O) groups is 1. The molecule has 0 saturated carbocycles. The third-order valence-corrected chi connectivity index (χ3v) is 2.69. The summed E-state index contributed by atoms with van der Waals surface area (Å²) in [5, 5.41) is 25.4. The quantitative estimate of drug-likeness (QED) is 0.828. The molecule has 0 amide bonds. The summed E-state index contributed by atoms with van der Waals surface area (Å²) in [5.41, 5.74) is 0.804. The molecule has 1 aromatic carbocycles. The van der Waals surface area contributed by atoms with Crippen molar-refractivity contribution in [2.24, 2.45) is 0 Å². The van der Waals surface area contributed by atoms with E-state index in [4.69, 9.17) is 5.11 Å². The van der Waals surface area contributed by atoms with Gasteiger partial charge in [0, 0.05) is 25.3 Å². The van der Waals surface area contributed by atoms with Gasteiger partial charge in [-0.05, 0) is 12.1 Å². The van der Waals surface area contributed by atoms with Crippen molar-refractivity contribution in [3.63, 3.8) is 0 Å². The molecule has 0 radical (unpaired) electrons. The van der Waals surface area contributed by atoms with Crippen LogP contribution in [0.15, 0.2) is 30.5 Å². The van der Waals surface area contributed by atoms with Crippen LogP contribution in [0.1, 0.15) is 10.5 Å². The molecule has 0 aliphatic carbocycles. The van der Waals surface area contributed by atoms with Crippen molar-refractivity contribution in [1.82, 2.24) is 15.0 Å². The molecule has 2 rings (SSSR count). The number of likely N-dealkylation sites (N-methyl/N-ethyl adjacent to an activating group) is 1. The van der Waals surface area contributed by atoms with Crippen molar-refractivity contribution in [2.75, 3.05) is 18.5 Å². The number of benzene rings is 1. The van der Waals surface area contributed by atoms with Gasteiger partial charge in [0.15, 0.2) is 5.69 Å². The van der Waals surface area contributed by atoms with Gasteiger partial charge >= 0.3 is 5.97 Å². The summed E-state index contributed by atoms with van der Waals surface area (Å²) in [6.45, 7) is 1.12. The topological polar surface area (TPSA) is 91.5 Å². The maximum Gasteiger partial charge on any atom is 0.358 e. The molecule has 7 nitrogen and oxygen atoms in total. The van der Waals surface area contributed by atoms with Crippen molar-refractivity contribution in [1.29, 1.82) is 0 Å². The van der Waals surface area contributed by atoms with E-state index >= 15 is 0 Å². The Morgan fingerprint density at radius 2 is 2.26 bits per heavy atom. The van der Waals surface area contributed by atoms with Crippen LogP contribution in [0.5, 0.6) is 5.75 Å². The fraction of sp³-hybridized carbons (Fsp3) is 0.250. The van der Waals surface area contributed by atoms with Crippen LogP contribution in [0, 0.1) is 0 Å². The zero-order chi connectivity index (χ0) is 13.8. The highest BCUT2D eigenvalue weighted by Gasteiger charge is 2.08. The summed E-state index contributed by atoms with van der Waals surface area (Å²) in [4.78, 5) is 12.6. The van der Waals surface area contributed by atoms with Crippen molar-refractivity contribution in [2.45, 2.75) is 6.54 Å². The molecule has 0 unspecified atom stereocenters. The Balaban J connectivity index is 1.96. The van der Waals surface area contributed by atoms with Crippen LogP contribution >= 0.6 is 0 Å². The van der Waals surface area contributed by atoms with E-state index in [2.05, 4.69) is 10.3 Å². The van der Waals surface area contributed by atoms with Crippen LogP contribution in [0.4, 0.5) is 5.69 Å². The summed E-state index contributed by atoms with van der Waals surface area (Å²) >= 11 is 0. The molecule has 2 N–H and O–H groups in total. The predicted molar refractivity (Wildman–Crippen MR) is 68.4 cm³/mol. The lowest BCUT2D eigenvalue weighted by atomic mass is 10.3. The Bertz CT molecular complexity index is 582. The van der Waals surface area contributed by atoms with E-state index in [0.29, 0.717) is 13.1 Å². The van der Waals surface area contributed by atoms with Gasteiger partial charge in [-0.3, -0.25) is 0 Å². The van der Waals surface area contributed by atoms with Crippen molar-refractivity contribution in [3.8, 4) is 5.75 Å². The van der Waals surface area contributed by atoms with E-state index < -0.39 is 5.97 Å². The number of rotatable bonds is 5. The number of nitrogens with zero attached hydrogens (tertiary/aromatic N) is 4. The summed E-state index contributed by atoms with van der Waals surface area (Å²) in [7, 11) is 1.88. The molecule has 7 heteroatoms. The zero-order valence-electron chi connectivity index (χ0n) is 10.4. The number of aromatic carboxylic acids is 1. The van der Waals surface area contributed by atoms with Gasteiger partial charge in [0.05, 0.1) is 12.7 Å². The highest BCUT2D eigenvalue weighted by atomic mass is 16.4. The molecule has 0 aliphatic rings. The highest BCUT2D eigenvalue weighted by Crippen LogP contribution is 2.18. The number of hydrogen-bond donors (Lipinski definition) is 2. The van der Waals surface area contributed by atoms with E-state index in [1.165, 1.54) is 10.9 Å². The Labute approximate surface area is 109 Å². The summed E-state index contributed by atoms with van der Waals surface area (Å²) in [6.07, 6.45) is 1.39. The molecule has 100 valence electrons. The third kappa shape index (κ3) is 3.21. The number of carboxylic acids is 1. The Hall–Kier alpha value is -2.57. The first-order valence-corrected chi connectivity index (χ1v) is 5.70. The van der Waals surface area contributed by atoms with Crippen molar-refractivity contribution < 1.29 is 15.0 Å². The van der Waals surface area contributed by atoms with Gasteiger partial charge in [0.2, 0.25) is 0 Å². The molecular formula is C12H14N4O3. The minimum Gasteiger partial charge on any atom is -0.508 e. The number of phenols is 1. The van der Waals surface area contributed by atoms with Gasteiger partial charge in [-0.25, -0.2) is 9.48 Å². The zero-order valence-corrected chi connectivity index (χ0v) is 10.4. The molecule has 19 heavy (non-hydrogen) atoms. The number of carboxylic acid groups (broad SMARTS) is 1. The second-order valence-electron chi connectivity index (χ2n) is 4.11. The Morgan fingerprint density at radius 3 is 2.89 bits per heavy atom. The molecule has 0 saturated heterocycles. The summed E-state index contributed by atoms with van der Waals surface area (Å²) in [5.74, 6) is -0.883. The van der Waals surface area contributed by atoms with Gasteiger partial charge < -0.3 is 15.1 Å². The molecule has 0 fully saturated rings. The van der Waals surface area contributed by atoms with Gasteiger partial charge in [0.25, 0.3) is 0 Å². The third-order valence-electron chi connectivity index (χ3n) is 2.69. The van der Waals surface area contributed by atoms with E-state index in [1.54, 1.807) is 18.2 Å². The van der Waals surface area contributed by atoms with Gasteiger partial charge in [-0.2, -0.15) is 0 Å². The minimum atomic E-state index is -1.09. The maximum atomic E-state index is 10.7. The van der Waals surface area contributed by atoms with Gasteiger partial charge in [-0.1, -0.05) is 11.3 Å². The monoisotopic (exact) mass is 262 g/mol. The van der Waals surface area contributed by atoms with Crippen molar-refractivity contribution in [3.05, 3.63) is 36.2 Å². The highest BCUT2D eigenvalue weighted by molar-refractivity contribution is 5.84. The van der Waals surface area contributed by atoms with Crippen LogP contribution in [0.3, 0.4) is 0 Å². The fourth-order valence-electron chi connectivity index (χ4n) is 1.62. The van der Waals surface area contributed by atoms with E-state index in [0.717, 1.165) is 5.69 Å². The van der Waals surface area contributed by atoms with Crippen LogP contribution in [-0.2, 0) is 6.54 Å². The second kappa shape index (κ2) is 5.38. The molecule has 1 aromatic heterocycles. The number of hydrogen-bond acceptors (Lipinski definition) is 5. The smallest absolute Gasteiger partial charge is 0.358 e. The van der Waals surface area contributed by atoms with Crippen LogP contribution < -0.4 is 4.90 Å². The average molecular weight is 262 g/mol.